The summed E-state index contributed by atoms with van der Waals surface area (Å²) in [6, 6.07) is 1.40. The monoisotopic (exact) mass is 652 g/mol. The van der Waals surface area contributed by atoms with Crippen molar-refractivity contribution in [2.75, 3.05) is 19.7 Å². The first kappa shape index (κ1) is 34.7. The standard InChI is InChI=1S/C37H49FN2O7/c1-20-24-11-10-16-45-32(24)28(38)17-26(20)30-22(3)27-19-40(23-12-14-39(15-13-23)35(44)47-37(7,8)9)29(41)18-25(27)21(2)31(30)33(34(42)43)46-36(4,5)6/h17,23,33H,10-16,18-19H2,1-9H3,(H,42,43)/t33-/m0/s1. The highest BCUT2D eigenvalue weighted by atomic mass is 19.1. The number of carbonyl (C=O) groups excluding carboxylic acids is 2. The van der Waals surface area contributed by atoms with Gasteiger partial charge in [-0.25, -0.2) is 14.0 Å². The zero-order valence-corrected chi connectivity index (χ0v) is 29.3. The maximum Gasteiger partial charge on any atom is 0.410 e. The number of carboxylic acids is 1. The van der Waals surface area contributed by atoms with E-state index < -0.39 is 29.1 Å². The number of amides is 2. The maximum absolute atomic E-state index is 15.7. The normalized spacial score (nSPS) is 18.0. The van der Waals surface area contributed by atoms with Crippen molar-refractivity contribution in [3.63, 3.8) is 0 Å². The van der Waals surface area contributed by atoms with Crippen molar-refractivity contribution in [2.45, 2.75) is 124 Å². The average molecular weight is 653 g/mol. The molecule has 47 heavy (non-hydrogen) atoms. The van der Waals surface area contributed by atoms with Crippen LogP contribution in [0.3, 0.4) is 0 Å². The van der Waals surface area contributed by atoms with Gasteiger partial charge in [-0.3, -0.25) is 4.79 Å². The Morgan fingerprint density at radius 3 is 2.23 bits per heavy atom. The first-order valence-corrected chi connectivity index (χ1v) is 16.7. The fraction of sp³-hybridized carbons (Fsp3) is 0.595. The van der Waals surface area contributed by atoms with Crippen LogP contribution in [0.1, 0.15) is 106 Å². The molecule has 2 aromatic rings. The SMILES string of the molecule is Cc1c(-c2c(C)c3c(c(C)c2[C@H](OC(C)(C)C)C(=O)O)CC(=O)N(C2CCN(C(=O)OC(C)(C)C)CC2)C3)cc(F)c2c1CCCO2. The molecule has 0 aromatic heterocycles. The first-order valence-electron chi connectivity index (χ1n) is 16.7. The molecule has 0 unspecified atom stereocenters. The molecule has 10 heteroatoms. The van der Waals surface area contributed by atoms with E-state index in [4.69, 9.17) is 14.2 Å². The van der Waals surface area contributed by atoms with Crippen LogP contribution in [-0.4, -0.2) is 69.8 Å². The van der Waals surface area contributed by atoms with E-state index in [2.05, 4.69) is 0 Å². The Morgan fingerprint density at radius 2 is 1.64 bits per heavy atom. The van der Waals surface area contributed by atoms with Crippen LogP contribution >= 0.6 is 0 Å². The van der Waals surface area contributed by atoms with Gasteiger partial charge in [0.2, 0.25) is 5.91 Å². The zero-order chi connectivity index (χ0) is 34.6. The molecule has 5 rings (SSSR count). The van der Waals surface area contributed by atoms with Gasteiger partial charge in [0.1, 0.15) is 5.60 Å². The first-order chi connectivity index (χ1) is 21.9. The molecule has 3 aliphatic heterocycles. The van der Waals surface area contributed by atoms with Crippen molar-refractivity contribution >= 4 is 18.0 Å². The molecule has 9 nitrogen and oxygen atoms in total. The molecule has 3 aliphatic rings. The van der Waals surface area contributed by atoms with Crippen molar-refractivity contribution < 1.29 is 38.1 Å². The third kappa shape index (κ3) is 6.98. The number of benzene rings is 2. The topological polar surface area (TPSA) is 106 Å². The number of halogens is 1. The number of hydrogen-bond donors (Lipinski definition) is 1. The number of carbonyl (C=O) groups is 3. The maximum atomic E-state index is 15.7. The van der Waals surface area contributed by atoms with E-state index in [9.17, 15) is 19.5 Å². The lowest BCUT2D eigenvalue weighted by molar-refractivity contribution is -0.160. The quantitative estimate of drug-likeness (QED) is 0.372. The number of rotatable bonds is 5. The van der Waals surface area contributed by atoms with Gasteiger partial charge in [0.05, 0.1) is 18.6 Å². The van der Waals surface area contributed by atoms with E-state index in [0.717, 1.165) is 34.2 Å². The third-order valence-corrected chi connectivity index (χ3v) is 9.52. The second-order valence-electron chi connectivity index (χ2n) is 15.1. The summed E-state index contributed by atoms with van der Waals surface area (Å²) in [5, 5.41) is 10.6. The molecule has 0 spiro atoms. The molecule has 0 aliphatic carbocycles. The summed E-state index contributed by atoms with van der Waals surface area (Å²) in [6.45, 7) is 18.4. The predicted molar refractivity (Wildman–Crippen MR) is 176 cm³/mol. The molecular weight excluding hydrogens is 603 g/mol. The summed E-state index contributed by atoms with van der Waals surface area (Å²) in [7, 11) is 0. The lowest BCUT2D eigenvalue weighted by Crippen LogP contribution is -2.51. The second-order valence-corrected chi connectivity index (χ2v) is 15.1. The highest BCUT2D eigenvalue weighted by Gasteiger charge is 2.39. The van der Waals surface area contributed by atoms with Crippen molar-refractivity contribution in [3.05, 3.63) is 50.8 Å². The molecule has 0 radical (unpaired) electrons. The Hall–Kier alpha value is -3.66. The van der Waals surface area contributed by atoms with Gasteiger partial charge in [0.25, 0.3) is 0 Å². The molecule has 1 saturated heterocycles. The minimum absolute atomic E-state index is 0.0359. The number of aliphatic carboxylic acids is 1. The summed E-state index contributed by atoms with van der Waals surface area (Å²) >= 11 is 0. The van der Waals surface area contributed by atoms with Gasteiger partial charge >= 0.3 is 12.1 Å². The Bertz CT molecular complexity index is 1600. The van der Waals surface area contributed by atoms with Gasteiger partial charge in [-0.05, 0) is 133 Å². The van der Waals surface area contributed by atoms with Gasteiger partial charge < -0.3 is 29.1 Å². The number of hydrogen-bond acceptors (Lipinski definition) is 6. The van der Waals surface area contributed by atoms with Gasteiger partial charge in [0.15, 0.2) is 17.7 Å². The van der Waals surface area contributed by atoms with Crippen LogP contribution in [0.5, 0.6) is 5.75 Å². The largest absolute Gasteiger partial charge is 0.490 e. The molecule has 256 valence electrons. The molecule has 2 amide bonds. The van der Waals surface area contributed by atoms with Crippen LogP contribution in [0.15, 0.2) is 6.07 Å². The van der Waals surface area contributed by atoms with Gasteiger partial charge in [-0.2, -0.15) is 0 Å². The minimum atomic E-state index is -1.34. The van der Waals surface area contributed by atoms with Crippen molar-refractivity contribution in [3.8, 4) is 16.9 Å². The molecule has 3 heterocycles. The van der Waals surface area contributed by atoms with Crippen LogP contribution in [0.4, 0.5) is 9.18 Å². The van der Waals surface area contributed by atoms with Gasteiger partial charge in [0, 0.05) is 36.8 Å². The van der Waals surface area contributed by atoms with Gasteiger partial charge in [-0.1, -0.05) is 0 Å². The number of carboxylic acid groups (broad SMARTS) is 1. The predicted octanol–water partition coefficient (Wildman–Crippen LogP) is 6.97. The summed E-state index contributed by atoms with van der Waals surface area (Å²) in [5.41, 5.74) is 5.21. The second kappa shape index (κ2) is 12.7. The summed E-state index contributed by atoms with van der Waals surface area (Å²) < 4.78 is 33.2. The van der Waals surface area contributed by atoms with Crippen molar-refractivity contribution in [1.29, 1.82) is 0 Å². The van der Waals surface area contributed by atoms with E-state index in [1.54, 1.807) is 25.7 Å². The van der Waals surface area contributed by atoms with Crippen LogP contribution in [0.25, 0.3) is 11.1 Å². The Balaban J connectivity index is 1.60. The summed E-state index contributed by atoms with van der Waals surface area (Å²) in [6.07, 6.45) is 1.11. The molecule has 2 aromatic carbocycles. The van der Waals surface area contributed by atoms with E-state index in [0.29, 0.717) is 67.8 Å². The highest BCUT2D eigenvalue weighted by Crippen LogP contribution is 2.46. The lowest BCUT2D eigenvalue weighted by atomic mass is 9.78. The van der Waals surface area contributed by atoms with Gasteiger partial charge in [-0.15, -0.1) is 0 Å². The number of fused-ring (bicyclic) bond motifs is 2. The molecule has 0 saturated carbocycles. The molecule has 1 fully saturated rings. The average Bonchev–Trinajstić information content (AvgIpc) is 2.98. The Kier molecular flexibility index (Phi) is 9.40. The van der Waals surface area contributed by atoms with E-state index in [1.807, 2.05) is 46.4 Å². The summed E-state index contributed by atoms with van der Waals surface area (Å²) in [5.74, 6) is -1.39. The van der Waals surface area contributed by atoms with Crippen LogP contribution in [0.2, 0.25) is 0 Å². The minimum Gasteiger partial charge on any atom is -0.490 e. The fourth-order valence-corrected chi connectivity index (χ4v) is 7.32. The van der Waals surface area contributed by atoms with E-state index in [-0.39, 0.29) is 30.2 Å². The smallest absolute Gasteiger partial charge is 0.410 e. The van der Waals surface area contributed by atoms with Crippen molar-refractivity contribution in [1.82, 2.24) is 9.80 Å². The van der Waals surface area contributed by atoms with Crippen LogP contribution in [0, 0.1) is 26.6 Å². The highest BCUT2D eigenvalue weighted by molar-refractivity contribution is 5.89. The number of likely N-dealkylation sites (tertiary alicyclic amines) is 1. The van der Waals surface area contributed by atoms with Crippen molar-refractivity contribution in [2.24, 2.45) is 0 Å². The zero-order valence-electron chi connectivity index (χ0n) is 29.3. The molecule has 0 bridgehead atoms. The Morgan fingerprint density at radius 1 is 0.979 bits per heavy atom. The van der Waals surface area contributed by atoms with E-state index >= 15 is 4.39 Å². The Labute approximate surface area is 277 Å². The van der Waals surface area contributed by atoms with Crippen LogP contribution in [-0.2, 0) is 38.4 Å². The number of piperidine rings is 1. The third-order valence-electron chi connectivity index (χ3n) is 9.52. The molecule has 1 N–H and O–H groups in total. The molecular formula is C37H49FN2O7. The van der Waals surface area contributed by atoms with Crippen LogP contribution < -0.4 is 4.74 Å². The lowest BCUT2D eigenvalue weighted by Gasteiger charge is -2.42. The summed E-state index contributed by atoms with van der Waals surface area (Å²) in [4.78, 5) is 43.0. The fourth-order valence-electron chi connectivity index (χ4n) is 7.32. The van der Waals surface area contributed by atoms with E-state index in [1.165, 1.54) is 6.07 Å². The number of ether oxygens (including phenoxy) is 3. The molecule has 1 atom stereocenters. The number of nitrogens with zero attached hydrogens (tertiary/aromatic N) is 2.